The topological polar surface area (TPSA) is 24.1 Å². The highest BCUT2D eigenvalue weighted by atomic mass is 15.0. The van der Waals surface area contributed by atoms with E-state index in [1.165, 1.54) is 32.5 Å². The number of rotatable bonds is 6. The van der Waals surface area contributed by atoms with Crippen molar-refractivity contribution < 1.29 is 0 Å². The van der Waals surface area contributed by atoms with Gasteiger partial charge < -0.3 is 10.6 Å². The van der Waals surface area contributed by atoms with E-state index in [-0.39, 0.29) is 0 Å². The van der Waals surface area contributed by atoms with Crippen molar-refractivity contribution in [1.82, 2.24) is 10.6 Å². The molecule has 0 radical (unpaired) electrons. The van der Waals surface area contributed by atoms with E-state index in [2.05, 4.69) is 31.4 Å². The fourth-order valence-corrected chi connectivity index (χ4v) is 1.41. The minimum atomic E-state index is 0.470. The van der Waals surface area contributed by atoms with Crippen molar-refractivity contribution in [1.29, 1.82) is 0 Å². The molecule has 0 aromatic heterocycles. The van der Waals surface area contributed by atoms with Crippen LogP contribution in [0.25, 0.3) is 0 Å². The zero-order valence-corrected chi connectivity index (χ0v) is 9.32. The lowest BCUT2D eigenvalue weighted by atomic mass is 9.90. The molecule has 1 aliphatic heterocycles. The van der Waals surface area contributed by atoms with Gasteiger partial charge in [0.15, 0.2) is 0 Å². The molecular weight excluding hydrogens is 160 g/mol. The average molecular weight is 184 g/mol. The number of hydrogen-bond acceptors (Lipinski definition) is 2. The van der Waals surface area contributed by atoms with Gasteiger partial charge in [-0.15, -0.1) is 0 Å². The molecule has 1 aliphatic rings. The van der Waals surface area contributed by atoms with Crippen molar-refractivity contribution in [2.24, 2.45) is 11.3 Å². The summed E-state index contributed by atoms with van der Waals surface area (Å²) in [5.74, 6) is 0.942. The lowest BCUT2D eigenvalue weighted by molar-refractivity contribution is 0.295. The van der Waals surface area contributed by atoms with Gasteiger partial charge in [0.2, 0.25) is 0 Å². The van der Waals surface area contributed by atoms with Crippen LogP contribution in [-0.2, 0) is 0 Å². The second-order valence-electron chi connectivity index (χ2n) is 5.01. The molecule has 13 heavy (non-hydrogen) atoms. The first-order valence-electron chi connectivity index (χ1n) is 5.55. The van der Waals surface area contributed by atoms with Crippen molar-refractivity contribution in [2.45, 2.75) is 33.6 Å². The van der Waals surface area contributed by atoms with Gasteiger partial charge in [0.25, 0.3) is 0 Å². The van der Waals surface area contributed by atoms with E-state index in [4.69, 9.17) is 0 Å². The Balaban J connectivity index is 1.93. The Hall–Kier alpha value is -0.0800. The third-order valence-corrected chi connectivity index (χ3v) is 3.16. The van der Waals surface area contributed by atoms with Crippen molar-refractivity contribution >= 4 is 0 Å². The minimum Gasteiger partial charge on any atom is -0.316 e. The third kappa shape index (κ3) is 4.10. The molecule has 0 aromatic rings. The Bertz CT molecular complexity index is 139. The average Bonchev–Trinajstić information content (AvgIpc) is 2.01. The molecule has 0 atom stereocenters. The fraction of sp³-hybridized carbons (Fsp3) is 1.00. The molecular formula is C11H24N2. The van der Waals surface area contributed by atoms with Crippen LogP contribution < -0.4 is 10.6 Å². The van der Waals surface area contributed by atoms with Gasteiger partial charge in [-0.1, -0.05) is 20.8 Å². The summed E-state index contributed by atoms with van der Waals surface area (Å²) >= 11 is 0. The van der Waals surface area contributed by atoms with Gasteiger partial charge in [-0.3, -0.25) is 0 Å². The molecule has 1 saturated heterocycles. The number of hydrogen-bond donors (Lipinski definition) is 2. The Morgan fingerprint density at radius 2 is 2.08 bits per heavy atom. The minimum absolute atomic E-state index is 0.470. The molecule has 2 heteroatoms. The Morgan fingerprint density at radius 1 is 1.38 bits per heavy atom. The molecule has 0 aliphatic carbocycles. The largest absolute Gasteiger partial charge is 0.316 e. The molecule has 1 heterocycles. The van der Waals surface area contributed by atoms with E-state index >= 15 is 0 Å². The van der Waals surface area contributed by atoms with Gasteiger partial charge in [0.05, 0.1) is 0 Å². The summed E-state index contributed by atoms with van der Waals surface area (Å²) < 4.78 is 0. The standard InChI is InChI=1S/C11H24N2/c1-4-11(2,3)9-12-6-5-10-7-13-8-10/h10,12-13H,4-9H2,1-3H3. The van der Waals surface area contributed by atoms with Crippen LogP contribution in [0, 0.1) is 11.3 Å². The van der Waals surface area contributed by atoms with Crippen LogP contribution in [0.3, 0.4) is 0 Å². The maximum Gasteiger partial charge on any atom is 0.000242 e. The quantitative estimate of drug-likeness (QED) is 0.613. The van der Waals surface area contributed by atoms with Gasteiger partial charge in [0.1, 0.15) is 0 Å². The highest BCUT2D eigenvalue weighted by Crippen LogP contribution is 2.17. The van der Waals surface area contributed by atoms with E-state index in [1.807, 2.05) is 0 Å². The summed E-state index contributed by atoms with van der Waals surface area (Å²) in [6, 6.07) is 0. The zero-order valence-electron chi connectivity index (χ0n) is 9.32. The highest BCUT2D eigenvalue weighted by molar-refractivity contribution is 4.76. The van der Waals surface area contributed by atoms with Crippen LogP contribution in [0.1, 0.15) is 33.6 Å². The molecule has 2 N–H and O–H groups in total. The van der Waals surface area contributed by atoms with Crippen LogP contribution >= 0.6 is 0 Å². The normalized spacial score (nSPS) is 18.7. The zero-order chi connectivity index (χ0) is 9.73. The maximum absolute atomic E-state index is 3.55. The van der Waals surface area contributed by atoms with Gasteiger partial charge >= 0.3 is 0 Å². The summed E-state index contributed by atoms with van der Waals surface area (Å²) in [5.41, 5.74) is 0.470. The monoisotopic (exact) mass is 184 g/mol. The highest BCUT2D eigenvalue weighted by Gasteiger charge is 2.17. The van der Waals surface area contributed by atoms with E-state index in [1.54, 1.807) is 0 Å². The second-order valence-corrected chi connectivity index (χ2v) is 5.01. The van der Waals surface area contributed by atoms with Crippen molar-refractivity contribution in [3.05, 3.63) is 0 Å². The van der Waals surface area contributed by atoms with Gasteiger partial charge in [-0.25, -0.2) is 0 Å². The van der Waals surface area contributed by atoms with E-state index in [0.717, 1.165) is 12.5 Å². The van der Waals surface area contributed by atoms with Crippen LogP contribution in [0.2, 0.25) is 0 Å². The van der Waals surface area contributed by atoms with E-state index in [9.17, 15) is 0 Å². The first-order chi connectivity index (χ1) is 6.14. The summed E-state index contributed by atoms with van der Waals surface area (Å²) in [6.45, 7) is 11.7. The SMILES string of the molecule is CCC(C)(C)CNCCC1CNC1. The molecule has 0 bridgehead atoms. The summed E-state index contributed by atoms with van der Waals surface area (Å²) in [4.78, 5) is 0. The predicted octanol–water partition coefficient (Wildman–Crippen LogP) is 1.62. The maximum atomic E-state index is 3.55. The Morgan fingerprint density at radius 3 is 2.54 bits per heavy atom. The van der Waals surface area contributed by atoms with Crippen LogP contribution in [0.15, 0.2) is 0 Å². The van der Waals surface area contributed by atoms with Gasteiger partial charge in [-0.05, 0) is 43.8 Å². The molecule has 0 aromatic carbocycles. The molecule has 0 saturated carbocycles. The molecule has 78 valence electrons. The van der Waals surface area contributed by atoms with Gasteiger partial charge in [-0.2, -0.15) is 0 Å². The van der Waals surface area contributed by atoms with Crippen molar-refractivity contribution in [3.8, 4) is 0 Å². The molecule has 0 unspecified atom stereocenters. The van der Waals surface area contributed by atoms with Crippen LogP contribution in [0.5, 0.6) is 0 Å². The van der Waals surface area contributed by atoms with Crippen molar-refractivity contribution in [2.75, 3.05) is 26.2 Å². The first-order valence-corrected chi connectivity index (χ1v) is 5.55. The van der Waals surface area contributed by atoms with E-state index < -0.39 is 0 Å². The lowest BCUT2D eigenvalue weighted by Crippen LogP contribution is -2.43. The smallest absolute Gasteiger partial charge is 0.000242 e. The molecule has 2 nitrogen and oxygen atoms in total. The molecule has 1 fully saturated rings. The predicted molar refractivity (Wildman–Crippen MR) is 57.9 cm³/mol. The van der Waals surface area contributed by atoms with Crippen molar-refractivity contribution in [3.63, 3.8) is 0 Å². The van der Waals surface area contributed by atoms with Crippen LogP contribution in [-0.4, -0.2) is 26.2 Å². The molecule has 0 amide bonds. The summed E-state index contributed by atoms with van der Waals surface area (Å²) in [7, 11) is 0. The summed E-state index contributed by atoms with van der Waals surface area (Å²) in [6.07, 6.45) is 2.60. The first kappa shape index (κ1) is 11.0. The molecule has 0 spiro atoms. The number of nitrogens with one attached hydrogen (secondary N) is 2. The third-order valence-electron chi connectivity index (χ3n) is 3.16. The summed E-state index contributed by atoms with van der Waals surface area (Å²) in [5, 5.41) is 6.85. The lowest BCUT2D eigenvalue weighted by Gasteiger charge is -2.28. The van der Waals surface area contributed by atoms with E-state index in [0.29, 0.717) is 5.41 Å². The second kappa shape index (κ2) is 4.97. The molecule has 1 rings (SSSR count). The van der Waals surface area contributed by atoms with Crippen LogP contribution in [0.4, 0.5) is 0 Å². The van der Waals surface area contributed by atoms with Gasteiger partial charge in [0, 0.05) is 6.54 Å². The fourth-order valence-electron chi connectivity index (χ4n) is 1.41. The Labute approximate surface area is 82.5 Å². The Kier molecular flexibility index (Phi) is 4.20.